The molecule has 3 rings (SSSR count). The molecule has 3 aromatic rings. The Morgan fingerprint density at radius 1 is 1.17 bits per heavy atom. The number of nitrogens with zero attached hydrogens (tertiary/aromatic N) is 3. The van der Waals surface area contributed by atoms with E-state index in [1.54, 1.807) is 13.4 Å². The van der Waals surface area contributed by atoms with Crippen LogP contribution in [0.2, 0.25) is 0 Å². The van der Waals surface area contributed by atoms with Gasteiger partial charge < -0.3 is 19.8 Å². The van der Waals surface area contributed by atoms with Crippen molar-refractivity contribution in [3.05, 3.63) is 54.0 Å². The summed E-state index contributed by atoms with van der Waals surface area (Å²) in [6, 6.07) is 11.7. The molecule has 0 saturated carbocycles. The van der Waals surface area contributed by atoms with E-state index in [1.807, 2.05) is 37.3 Å². The number of para-hydroxylation sites is 1. The van der Waals surface area contributed by atoms with Gasteiger partial charge in [-0.1, -0.05) is 18.2 Å². The number of aromatic amines is 1. The third-order valence-corrected chi connectivity index (χ3v) is 4.12. The van der Waals surface area contributed by atoms with Gasteiger partial charge in [0.15, 0.2) is 11.7 Å². The largest absolute Gasteiger partial charge is 0.496 e. The Morgan fingerprint density at radius 3 is 2.79 bits per heavy atom. The molecule has 0 amide bonds. The number of furan rings is 1. The van der Waals surface area contributed by atoms with E-state index < -0.39 is 0 Å². The molecule has 0 bridgehead atoms. The van der Waals surface area contributed by atoms with E-state index in [0.29, 0.717) is 24.6 Å². The lowest BCUT2D eigenvalue weighted by Gasteiger charge is -2.12. The number of aromatic nitrogens is 3. The maximum Gasteiger partial charge on any atom is 0.216 e. The number of hydrogen-bond acceptors (Lipinski definition) is 5. The maximum absolute atomic E-state index is 5.40. The molecular formula is C20H27IN6O2. The lowest BCUT2D eigenvalue weighted by Crippen LogP contribution is -2.38. The summed E-state index contributed by atoms with van der Waals surface area (Å²) in [5.41, 5.74) is 1.17. The molecule has 1 aromatic carbocycles. The van der Waals surface area contributed by atoms with Gasteiger partial charge in [-0.2, -0.15) is 5.10 Å². The third-order valence-electron chi connectivity index (χ3n) is 4.12. The first-order valence-electron chi connectivity index (χ1n) is 9.39. The van der Waals surface area contributed by atoms with Crippen molar-refractivity contribution >= 4 is 29.9 Å². The Labute approximate surface area is 187 Å². The van der Waals surface area contributed by atoms with Crippen LogP contribution in [0.5, 0.6) is 5.75 Å². The zero-order chi connectivity index (χ0) is 19.6. The highest BCUT2D eigenvalue weighted by Crippen LogP contribution is 2.17. The summed E-state index contributed by atoms with van der Waals surface area (Å²) < 4.78 is 10.7. The SMILES string of the molecule is CCNC(=NCCc1nc(-c2ccco2)n[nH]1)NCCc1ccccc1OC.I. The number of aliphatic imine (C=N–C) groups is 1. The minimum Gasteiger partial charge on any atom is -0.496 e. The predicted octanol–water partition coefficient (Wildman–Crippen LogP) is 3.03. The van der Waals surface area contributed by atoms with Gasteiger partial charge in [0.25, 0.3) is 0 Å². The molecule has 0 aliphatic rings. The van der Waals surface area contributed by atoms with Crippen molar-refractivity contribution < 1.29 is 9.15 Å². The van der Waals surface area contributed by atoms with Crippen molar-refractivity contribution in [2.24, 2.45) is 4.99 Å². The summed E-state index contributed by atoms with van der Waals surface area (Å²) in [5, 5.41) is 13.7. The summed E-state index contributed by atoms with van der Waals surface area (Å²) in [4.78, 5) is 9.04. The van der Waals surface area contributed by atoms with Gasteiger partial charge in [-0.15, -0.1) is 24.0 Å². The van der Waals surface area contributed by atoms with Crippen LogP contribution in [0.1, 0.15) is 18.3 Å². The highest BCUT2D eigenvalue weighted by molar-refractivity contribution is 14.0. The molecule has 29 heavy (non-hydrogen) atoms. The summed E-state index contributed by atoms with van der Waals surface area (Å²) >= 11 is 0. The van der Waals surface area contributed by atoms with Gasteiger partial charge >= 0.3 is 0 Å². The highest BCUT2D eigenvalue weighted by Gasteiger charge is 2.08. The topological polar surface area (TPSA) is 100 Å². The predicted molar refractivity (Wildman–Crippen MR) is 124 cm³/mol. The Bertz CT molecular complexity index is 879. The average molecular weight is 510 g/mol. The fourth-order valence-corrected chi connectivity index (χ4v) is 2.76. The number of halogens is 1. The van der Waals surface area contributed by atoms with Crippen molar-refractivity contribution in [3.8, 4) is 17.3 Å². The minimum atomic E-state index is 0. The molecule has 0 radical (unpaired) electrons. The number of hydrogen-bond donors (Lipinski definition) is 3. The van der Waals surface area contributed by atoms with Crippen molar-refractivity contribution in [3.63, 3.8) is 0 Å². The second-order valence-corrected chi connectivity index (χ2v) is 6.08. The summed E-state index contributed by atoms with van der Waals surface area (Å²) in [5.74, 6) is 3.68. The van der Waals surface area contributed by atoms with E-state index >= 15 is 0 Å². The number of benzene rings is 1. The van der Waals surface area contributed by atoms with Crippen molar-refractivity contribution in [1.29, 1.82) is 0 Å². The number of guanidine groups is 1. The molecule has 0 atom stereocenters. The van der Waals surface area contributed by atoms with Crippen LogP contribution in [0.3, 0.4) is 0 Å². The number of nitrogens with one attached hydrogen (secondary N) is 3. The fourth-order valence-electron chi connectivity index (χ4n) is 2.76. The van der Waals surface area contributed by atoms with Crippen LogP contribution >= 0.6 is 24.0 Å². The van der Waals surface area contributed by atoms with Gasteiger partial charge in [-0.3, -0.25) is 10.1 Å². The quantitative estimate of drug-likeness (QED) is 0.233. The van der Waals surface area contributed by atoms with Gasteiger partial charge in [0.05, 0.1) is 13.4 Å². The molecule has 2 aromatic heterocycles. The van der Waals surface area contributed by atoms with Gasteiger partial charge in [0.1, 0.15) is 11.6 Å². The van der Waals surface area contributed by atoms with E-state index in [4.69, 9.17) is 9.15 Å². The molecule has 0 spiro atoms. The Hall–Kier alpha value is -2.56. The molecule has 9 heteroatoms. The second kappa shape index (κ2) is 12.1. The van der Waals surface area contributed by atoms with Gasteiger partial charge in [-0.25, -0.2) is 4.98 Å². The zero-order valence-corrected chi connectivity index (χ0v) is 19.0. The first-order valence-corrected chi connectivity index (χ1v) is 9.39. The van der Waals surface area contributed by atoms with E-state index in [0.717, 1.165) is 37.0 Å². The van der Waals surface area contributed by atoms with E-state index in [2.05, 4.69) is 36.9 Å². The van der Waals surface area contributed by atoms with Crippen molar-refractivity contribution in [2.45, 2.75) is 19.8 Å². The first kappa shape index (κ1) is 22.7. The number of rotatable bonds is 9. The maximum atomic E-state index is 5.40. The van der Waals surface area contributed by atoms with Crippen LogP contribution in [0, 0.1) is 0 Å². The smallest absolute Gasteiger partial charge is 0.216 e. The second-order valence-electron chi connectivity index (χ2n) is 6.08. The summed E-state index contributed by atoms with van der Waals surface area (Å²) in [6.45, 7) is 4.20. The lowest BCUT2D eigenvalue weighted by molar-refractivity contribution is 0.409. The Morgan fingerprint density at radius 2 is 2.03 bits per heavy atom. The van der Waals surface area contributed by atoms with Gasteiger partial charge in [-0.05, 0) is 37.1 Å². The summed E-state index contributed by atoms with van der Waals surface area (Å²) in [6.07, 6.45) is 3.12. The van der Waals surface area contributed by atoms with Crippen molar-refractivity contribution in [2.75, 3.05) is 26.7 Å². The molecular weight excluding hydrogens is 483 g/mol. The minimum absolute atomic E-state index is 0. The van der Waals surface area contributed by atoms with E-state index in [-0.39, 0.29) is 24.0 Å². The summed E-state index contributed by atoms with van der Waals surface area (Å²) in [7, 11) is 1.69. The molecule has 8 nitrogen and oxygen atoms in total. The van der Waals surface area contributed by atoms with Crippen molar-refractivity contribution in [1.82, 2.24) is 25.8 Å². The molecule has 3 N–H and O–H groups in total. The first-order chi connectivity index (χ1) is 13.8. The Balaban J connectivity index is 0.00000300. The van der Waals surface area contributed by atoms with Crippen LogP contribution in [0.15, 0.2) is 52.1 Å². The molecule has 0 aliphatic carbocycles. The highest BCUT2D eigenvalue weighted by atomic mass is 127. The standard InChI is InChI=1S/C20H26N6O2.HI/c1-3-21-20(22-12-10-15-7-4-5-8-16(15)27-2)23-13-11-18-24-19(26-25-18)17-9-6-14-28-17;/h4-9,14H,3,10-13H2,1-2H3,(H2,21,22,23)(H,24,25,26);1H. The van der Waals surface area contributed by atoms with E-state index in [1.165, 1.54) is 5.56 Å². The van der Waals surface area contributed by atoms with Crippen LogP contribution in [-0.2, 0) is 12.8 Å². The van der Waals surface area contributed by atoms with Crippen LogP contribution < -0.4 is 15.4 Å². The fraction of sp³-hybridized carbons (Fsp3) is 0.350. The number of H-pyrrole nitrogens is 1. The molecule has 0 fully saturated rings. The average Bonchev–Trinajstić information content (AvgIpc) is 3.40. The van der Waals surface area contributed by atoms with Gasteiger partial charge in [0.2, 0.25) is 5.82 Å². The molecule has 156 valence electrons. The molecule has 0 aliphatic heterocycles. The van der Waals surface area contributed by atoms with Crippen LogP contribution in [0.25, 0.3) is 11.6 Å². The number of ether oxygens (including phenoxy) is 1. The monoisotopic (exact) mass is 510 g/mol. The normalized spacial score (nSPS) is 11.0. The number of methoxy groups -OCH3 is 1. The molecule has 0 unspecified atom stereocenters. The lowest BCUT2D eigenvalue weighted by atomic mass is 10.1. The third kappa shape index (κ3) is 6.77. The zero-order valence-electron chi connectivity index (χ0n) is 16.6. The van der Waals surface area contributed by atoms with Crippen LogP contribution in [0.4, 0.5) is 0 Å². The molecule has 0 saturated heterocycles. The Kier molecular flexibility index (Phi) is 9.48. The van der Waals surface area contributed by atoms with E-state index in [9.17, 15) is 0 Å². The van der Waals surface area contributed by atoms with Crippen LogP contribution in [-0.4, -0.2) is 47.9 Å². The molecule has 2 heterocycles. The van der Waals surface area contributed by atoms with Gasteiger partial charge in [0, 0.05) is 26.1 Å².